The highest BCUT2D eigenvalue weighted by Gasteiger charge is 2.23. The van der Waals surface area contributed by atoms with E-state index in [9.17, 15) is 4.79 Å². The van der Waals surface area contributed by atoms with Gasteiger partial charge in [-0.2, -0.15) is 9.97 Å². The third kappa shape index (κ3) is 2.42. The number of carbonyl (C=O) groups excluding carboxylic acids is 1. The van der Waals surface area contributed by atoms with Crippen LogP contribution in [0, 0.1) is 13.8 Å². The molecule has 3 aromatic rings. The Bertz CT molecular complexity index is 1020. The van der Waals surface area contributed by atoms with Crippen LogP contribution in [0.1, 0.15) is 28.2 Å². The van der Waals surface area contributed by atoms with E-state index in [1.807, 2.05) is 18.4 Å². The third-order valence-corrected chi connectivity index (χ3v) is 5.04. The van der Waals surface area contributed by atoms with Gasteiger partial charge in [-0.3, -0.25) is 4.79 Å². The van der Waals surface area contributed by atoms with Crippen LogP contribution in [0.2, 0.25) is 5.02 Å². The summed E-state index contributed by atoms with van der Waals surface area (Å²) in [5, 5.41) is 3.76. The fourth-order valence-electron chi connectivity index (χ4n) is 3.54. The maximum Gasteiger partial charge on any atom is 0.316 e. The molecule has 7 nitrogen and oxygen atoms in total. The number of halogens is 1. The molecule has 0 fully saturated rings. The molecule has 0 saturated heterocycles. The van der Waals surface area contributed by atoms with Crippen LogP contribution < -0.4 is 10.1 Å². The lowest BCUT2D eigenvalue weighted by Gasteiger charge is -2.17. The van der Waals surface area contributed by atoms with E-state index in [0.29, 0.717) is 27.7 Å². The van der Waals surface area contributed by atoms with Crippen molar-refractivity contribution in [3.05, 3.63) is 28.0 Å². The minimum atomic E-state index is 0.304. The second-order valence-corrected chi connectivity index (χ2v) is 6.64. The number of nitrogens with zero attached hydrogens (tertiary/aromatic N) is 4. The van der Waals surface area contributed by atoms with Gasteiger partial charge in [-0.25, -0.2) is 4.98 Å². The van der Waals surface area contributed by atoms with Crippen molar-refractivity contribution in [2.45, 2.75) is 26.8 Å². The summed E-state index contributed by atoms with van der Waals surface area (Å²) in [4.78, 5) is 25.2. The number of methoxy groups -OCH3 is 1. The van der Waals surface area contributed by atoms with Crippen molar-refractivity contribution in [3.63, 3.8) is 0 Å². The molecule has 0 bridgehead atoms. The summed E-state index contributed by atoms with van der Waals surface area (Å²) >= 11 is 6.74. The average Bonchev–Trinajstić information content (AvgIpc) is 3.03. The molecule has 0 saturated carbocycles. The number of rotatable bonds is 3. The van der Waals surface area contributed by atoms with Gasteiger partial charge >= 0.3 is 6.01 Å². The smallest absolute Gasteiger partial charge is 0.316 e. The van der Waals surface area contributed by atoms with Crippen LogP contribution in [0.5, 0.6) is 6.01 Å². The Labute approximate surface area is 155 Å². The first-order valence-corrected chi connectivity index (χ1v) is 8.74. The second-order valence-electron chi connectivity index (χ2n) is 6.27. The van der Waals surface area contributed by atoms with Crippen LogP contribution in [0.4, 0.5) is 5.95 Å². The highest BCUT2D eigenvalue weighted by Crippen LogP contribution is 2.40. The number of aldehydes is 1. The molecule has 0 amide bonds. The number of nitrogens with one attached hydrogen (secondary N) is 1. The van der Waals surface area contributed by atoms with Crippen molar-refractivity contribution in [3.8, 4) is 17.1 Å². The average molecular weight is 372 g/mol. The van der Waals surface area contributed by atoms with E-state index in [1.165, 1.54) is 7.11 Å². The molecule has 26 heavy (non-hydrogen) atoms. The Morgan fingerprint density at radius 2 is 2.00 bits per heavy atom. The zero-order valence-electron chi connectivity index (χ0n) is 14.8. The SMILES string of the molecule is COc1nc(C)c(-c2cc(C=O)c3c(nc4n3CCCN4)c2Cl)c(C)n1. The van der Waals surface area contributed by atoms with Crippen LogP contribution in [-0.4, -0.2) is 39.5 Å². The van der Waals surface area contributed by atoms with Gasteiger partial charge in [0.1, 0.15) is 5.52 Å². The van der Waals surface area contributed by atoms with E-state index >= 15 is 0 Å². The van der Waals surface area contributed by atoms with Gasteiger partial charge in [0.25, 0.3) is 0 Å². The summed E-state index contributed by atoms with van der Waals surface area (Å²) in [5.41, 5.74) is 4.89. The van der Waals surface area contributed by atoms with Crippen LogP contribution in [0.15, 0.2) is 6.07 Å². The Morgan fingerprint density at radius 1 is 1.27 bits per heavy atom. The lowest BCUT2D eigenvalue weighted by atomic mass is 9.99. The number of ether oxygens (including phenoxy) is 1. The molecule has 1 aliphatic heterocycles. The highest BCUT2D eigenvalue weighted by molar-refractivity contribution is 6.38. The fraction of sp³-hybridized carbons (Fsp3) is 0.333. The van der Waals surface area contributed by atoms with E-state index < -0.39 is 0 Å². The Kier molecular flexibility index (Phi) is 4.03. The van der Waals surface area contributed by atoms with Gasteiger partial charge in [-0.15, -0.1) is 0 Å². The minimum absolute atomic E-state index is 0.304. The van der Waals surface area contributed by atoms with Crippen molar-refractivity contribution in [1.82, 2.24) is 19.5 Å². The predicted octanol–water partition coefficient (Wildman–Crippen LogP) is 3.40. The topological polar surface area (TPSA) is 81.9 Å². The molecule has 0 spiro atoms. The van der Waals surface area contributed by atoms with Crippen LogP contribution in [-0.2, 0) is 6.54 Å². The molecule has 2 aromatic heterocycles. The van der Waals surface area contributed by atoms with Crippen molar-refractivity contribution < 1.29 is 9.53 Å². The lowest BCUT2D eigenvalue weighted by Crippen LogP contribution is -2.17. The zero-order chi connectivity index (χ0) is 18.4. The van der Waals surface area contributed by atoms with Crippen molar-refractivity contribution in [2.75, 3.05) is 19.0 Å². The molecule has 0 atom stereocenters. The van der Waals surface area contributed by atoms with Crippen LogP contribution >= 0.6 is 11.6 Å². The lowest BCUT2D eigenvalue weighted by molar-refractivity contribution is 0.112. The van der Waals surface area contributed by atoms with Crippen LogP contribution in [0.3, 0.4) is 0 Å². The minimum Gasteiger partial charge on any atom is -0.467 e. The molecule has 0 unspecified atom stereocenters. The number of aromatic nitrogens is 4. The molecule has 1 aliphatic rings. The molecule has 0 aliphatic carbocycles. The number of fused-ring (bicyclic) bond motifs is 3. The normalized spacial score (nSPS) is 13.4. The summed E-state index contributed by atoms with van der Waals surface area (Å²) in [5.74, 6) is 0.743. The molecular formula is C18H18ClN5O2. The monoisotopic (exact) mass is 371 g/mol. The van der Waals surface area contributed by atoms with Gasteiger partial charge in [0.2, 0.25) is 5.95 Å². The predicted molar refractivity (Wildman–Crippen MR) is 100 cm³/mol. The van der Waals surface area contributed by atoms with Gasteiger partial charge in [-0.05, 0) is 26.3 Å². The van der Waals surface area contributed by atoms with E-state index in [4.69, 9.17) is 16.3 Å². The first kappa shape index (κ1) is 16.8. The molecule has 3 heterocycles. The number of aryl methyl sites for hydroxylation is 3. The van der Waals surface area contributed by atoms with E-state index in [2.05, 4.69) is 20.3 Å². The zero-order valence-corrected chi connectivity index (χ0v) is 15.5. The van der Waals surface area contributed by atoms with Gasteiger partial charge in [-0.1, -0.05) is 11.6 Å². The molecule has 8 heteroatoms. The number of carbonyl (C=O) groups is 1. The first-order valence-electron chi connectivity index (χ1n) is 8.36. The summed E-state index contributed by atoms with van der Waals surface area (Å²) in [7, 11) is 1.53. The third-order valence-electron chi connectivity index (χ3n) is 4.66. The second kappa shape index (κ2) is 6.25. The Hall–Kier alpha value is -2.67. The van der Waals surface area contributed by atoms with Gasteiger partial charge in [0.05, 0.1) is 29.0 Å². The maximum atomic E-state index is 11.8. The van der Waals surface area contributed by atoms with Crippen LogP contribution in [0.25, 0.3) is 22.2 Å². The Morgan fingerprint density at radius 3 is 2.65 bits per heavy atom. The first-order chi connectivity index (χ1) is 12.5. The molecule has 1 N–H and O–H groups in total. The number of benzene rings is 1. The van der Waals surface area contributed by atoms with E-state index in [1.54, 1.807) is 6.07 Å². The molecule has 4 rings (SSSR count). The van der Waals surface area contributed by atoms with Gasteiger partial charge in [0, 0.05) is 29.8 Å². The summed E-state index contributed by atoms with van der Waals surface area (Å²) in [6.07, 6.45) is 1.82. The van der Waals surface area contributed by atoms with Crippen molar-refractivity contribution in [1.29, 1.82) is 0 Å². The van der Waals surface area contributed by atoms with Crippen molar-refractivity contribution >= 4 is 34.9 Å². The van der Waals surface area contributed by atoms with Crippen molar-refractivity contribution in [2.24, 2.45) is 0 Å². The fourth-order valence-corrected chi connectivity index (χ4v) is 3.82. The largest absolute Gasteiger partial charge is 0.467 e. The summed E-state index contributed by atoms with van der Waals surface area (Å²) in [6, 6.07) is 2.10. The Balaban J connectivity index is 2.04. The van der Waals surface area contributed by atoms with E-state index in [-0.39, 0.29) is 0 Å². The maximum absolute atomic E-state index is 11.8. The number of hydrogen-bond donors (Lipinski definition) is 1. The summed E-state index contributed by atoms with van der Waals surface area (Å²) in [6.45, 7) is 5.40. The highest BCUT2D eigenvalue weighted by atomic mass is 35.5. The molecule has 134 valence electrons. The van der Waals surface area contributed by atoms with E-state index in [0.717, 1.165) is 54.2 Å². The number of hydrogen-bond acceptors (Lipinski definition) is 6. The van der Waals surface area contributed by atoms with Gasteiger partial charge in [0.15, 0.2) is 6.29 Å². The quantitative estimate of drug-likeness (QED) is 0.710. The molecular weight excluding hydrogens is 354 g/mol. The standard InChI is InChI=1S/C18H18ClN5O2/c1-9-13(10(2)22-18(21-9)26-3)12-7-11(8-25)16-15(14(12)19)23-17-20-5-4-6-24(16)17/h7-8H,4-6H2,1-3H3,(H,20,23). The van der Waals surface area contributed by atoms with Gasteiger partial charge < -0.3 is 14.6 Å². The number of imidazole rings is 1. The number of anilines is 1. The molecule has 0 radical (unpaired) electrons. The summed E-state index contributed by atoms with van der Waals surface area (Å²) < 4.78 is 7.15. The molecule has 1 aromatic carbocycles.